The molecular formula is C21H24Cl2N2O2. The summed E-state index contributed by atoms with van der Waals surface area (Å²) in [5.74, 6) is 0.662. The third-order valence-electron chi connectivity index (χ3n) is 5.74. The Morgan fingerprint density at radius 3 is 2.70 bits per heavy atom. The van der Waals surface area contributed by atoms with E-state index < -0.39 is 0 Å². The van der Waals surface area contributed by atoms with Crippen LogP contribution in [0, 0.1) is 11.8 Å². The van der Waals surface area contributed by atoms with Crippen LogP contribution in [-0.4, -0.2) is 30.1 Å². The average molecular weight is 407 g/mol. The molecule has 0 amide bonds. The first-order valence-corrected chi connectivity index (χ1v) is 9.50. The lowest BCUT2D eigenvalue weighted by Crippen LogP contribution is -2.33. The van der Waals surface area contributed by atoms with E-state index in [1.54, 1.807) is 18.2 Å². The van der Waals surface area contributed by atoms with Crippen LogP contribution in [0.3, 0.4) is 0 Å². The summed E-state index contributed by atoms with van der Waals surface area (Å²) in [5.41, 5.74) is 7.98. The molecule has 1 aliphatic heterocycles. The maximum absolute atomic E-state index is 12.4. The molecule has 2 aromatic carbocycles. The third-order valence-corrected chi connectivity index (χ3v) is 5.97. The molecule has 1 saturated carbocycles. The van der Waals surface area contributed by atoms with Gasteiger partial charge in [-0.05, 0) is 42.5 Å². The summed E-state index contributed by atoms with van der Waals surface area (Å²) < 4.78 is 5.62. The number of rotatable bonds is 5. The standard InChI is InChI=1S/C21H23ClN2O2.ClH/c22-16-7-8-17(19(23)10-16)21(25)26-13-18-15-6-9-20(18)24(12-15)11-14-4-2-1-3-5-14;/h1-5,7-8,10,15,18,20H,6,9,11-13,23H2;1H. The van der Waals surface area contributed by atoms with Gasteiger partial charge in [-0.3, -0.25) is 4.90 Å². The van der Waals surface area contributed by atoms with E-state index in [9.17, 15) is 4.79 Å². The zero-order valence-corrected chi connectivity index (χ0v) is 16.6. The Balaban J connectivity index is 0.00000210. The largest absolute Gasteiger partial charge is 0.462 e. The average Bonchev–Trinajstić information content (AvgIpc) is 3.17. The smallest absolute Gasteiger partial charge is 0.340 e. The van der Waals surface area contributed by atoms with E-state index in [-0.39, 0.29) is 18.4 Å². The predicted molar refractivity (Wildman–Crippen MR) is 110 cm³/mol. The van der Waals surface area contributed by atoms with Gasteiger partial charge in [0.05, 0.1) is 12.2 Å². The molecule has 2 fully saturated rings. The van der Waals surface area contributed by atoms with E-state index in [1.807, 2.05) is 6.07 Å². The van der Waals surface area contributed by atoms with Gasteiger partial charge in [0.2, 0.25) is 0 Å². The lowest BCUT2D eigenvalue weighted by molar-refractivity contribution is 0.0410. The lowest BCUT2D eigenvalue weighted by atomic mass is 9.99. The highest BCUT2D eigenvalue weighted by molar-refractivity contribution is 6.31. The molecule has 144 valence electrons. The zero-order chi connectivity index (χ0) is 18.1. The zero-order valence-electron chi connectivity index (χ0n) is 15.0. The van der Waals surface area contributed by atoms with E-state index in [4.69, 9.17) is 22.1 Å². The van der Waals surface area contributed by atoms with Crippen LogP contribution in [0.15, 0.2) is 48.5 Å². The van der Waals surface area contributed by atoms with E-state index in [1.165, 1.54) is 18.4 Å². The Bertz CT molecular complexity index is 800. The SMILES string of the molecule is Cl.Nc1cc(Cl)ccc1C(=O)OCC1C2CCC1N(Cc1ccccc1)C2. The molecule has 1 saturated heterocycles. The van der Waals surface area contributed by atoms with Crippen molar-refractivity contribution in [2.45, 2.75) is 25.4 Å². The number of carbonyl (C=O) groups excluding carboxylic acids is 1. The second-order valence-corrected chi connectivity index (χ2v) is 7.75. The highest BCUT2D eigenvalue weighted by atomic mass is 35.5. The number of esters is 1. The number of halogens is 2. The number of ether oxygens (including phenoxy) is 1. The van der Waals surface area contributed by atoms with Gasteiger partial charge in [0.15, 0.2) is 0 Å². The Morgan fingerprint density at radius 1 is 1.19 bits per heavy atom. The molecule has 27 heavy (non-hydrogen) atoms. The number of carbonyl (C=O) groups is 1. The van der Waals surface area contributed by atoms with Gasteiger partial charge in [0.1, 0.15) is 0 Å². The van der Waals surface area contributed by atoms with Crippen LogP contribution < -0.4 is 5.73 Å². The minimum atomic E-state index is -0.361. The molecule has 0 spiro atoms. The van der Waals surface area contributed by atoms with Crippen LogP contribution in [0.2, 0.25) is 5.02 Å². The summed E-state index contributed by atoms with van der Waals surface area (Å²) in [6.07, 6.45) is 2.41. The summed E-state index contributed by atoms with van der Waals surface area (Å²) in [5, 5.41) is 0.518. The fourth-order valence-electron chi connectivity index (χ4n) is 4.46. The first-order chi connectivity index (χ1) is 12.6. The summed E-state index contributed by atoms with van der Waals surface area (Å²) in [4.78, 5) is 14.9. The molecule has 2 N–H and O–H groups in total. The number of fused-ring (bicyclic) bond motifs is 2. The predicted octanol–water partition coefficient (Wildman–Crippen LogP) is 4.41. The van der Waals surface area contributed by atoms with Crippen molar-refractivity contribution in [3.05, 3.63) is 64.7 Å². The lowest BCUT2D eigenvalue weighted by Gasteiger charge is -2.27. The number of benzene rings is 2. The number of hydrogen-bond donors (Lipinski definition) is 1. The third kappa shape index (κ3) is 4.23. The Hall–Kier alpha value is -1.75. The van der Waals surface area contributed by atoms with Crippen LogP contribution >= 0.6 is 24.0 Å². The second kappa shape index (κ2) is 8.51. The van der Waals surface area contributed by atoms with Crippen molar-refractivity contribution in [3.63, 3.8) is 0 Å². The molecule has 4 rings (SSSR count). The number of hydrogen-bond acceptors (Lipinski definition) is 4. The van der Waals surface area contributed by atoms with Crippen LogP contribution in [0.5, 0.6) is 0 Å². The van der Waals surface area contributed by atoms with Gasteiger partial charge in [0, 0.05) is 35.8 Å². The summed E-state index contributed by atoms with van der Waals surface area (Å²) >= 11 is 5.89. The van der Waals surface area contributed by atoms with E-state index in [0.717, 1.165) is 13.1 Å². The van der Waals surface area contributed by atoms with Gasteiger partial charge in [-0.25, -0.2) is 4.79 Å². The summed E-state index contributed by atoms with van der Waals surface area (Å²) in [6, 6.07) is 15.9. The minimum Gasteiger partial charge on any atom is -0.462 e. The van der Waals surface area contributed by atoms with Crippen molar-refractivity contribution in [2.24, 2.45) is 11.8 Å². The van der Waals surface area contributed by atoms with Crippen molar-refractivity contribution in [2.75, 3.05) is 18.9 Å². The fraction of sp³-hybridized carbons (Fsp3) is 0.381. The molecule has 0 aromatic heterocycles. The fourth-order valence-corrected chi connectivity index (χ4v) is 4.64. The van der Waals surface area contributed by atoms with Gasteiger partial charge < -0.3 is 10.5 Å². The highest BCUT2D eigenvalue weighted by Gasteiger charge is 2.47. The molecule has 2 aromatic rings. The Morgan fingerprint density at radius 2 is 1.96 bits per heavy atom. The molecular weight excluding hydrogens is 383 g/mol. The monoisotopic (exact) mass is 406 g/mol. The van der Waals surface area contributed by atoms with Gasteiger partial charge >= 0.3 is 5.97 Å². The number of nitrogen functional groups attached to an aromatic ring is 1. The van der Waals surface area contributed by atoms with Crippen molar-refractivity contribution in [3.8, 4) is 0 Å². The van der Waals surface area contributed by atoms with Crippen molar-refractivity contribution in [1.29, 1.82) is 0 Å². The molecule has 2 bridgehead atoms. The molecule has 6 heteroatoms. The summed E-state index contributed by atoms with van der Waals surface area (Å²) in [7, 11) is 0. The van der Waals surface area contributed by atoms with Crippen molar-refractivity contribution < 1.29 is 9.53 Å². The normalized spacial score (nSPS) is 23.8. The van der Waals surface area contributed by atoms with Crippen LogP contribution in [0.4, 0.5) is 5.69 Å². The van der Waals surface area contributed by atoms with E-state index in [2.05, 4.69) is 29.2 Å². The minimum absolute atomic E-state index is 0. The summed E-state index contributed by atoms with van der Waals surface area (Å²) in [6.45, 7) is 2.52. The van der Waals surface area contributed by atoms with E-state index >= 15 is 0 Å². The Kier molecular flexibility index (Phi) is 6.30. The van der Waals surface area contributed by atoms with E-state index in [0.29, 0.717) is 40.8 Å². The van der Waals surface area contributed by atoms with Crippen LogP contribution in [-0.2, 0) is 11.3 Å². The van der Waals surface area contributed by atoms with Gasteiger partial charge in [0.25, 0.3) is 0 Å². The topological polar surface area (TPSA) is 55.6 Å². The molecule has 1 aliphatic carbocycles. The maximum Gasteiger partial charge on any atom is 0.340 e. The molecule has 4 nitrogen and oxygen atoms in total. The number of nitrogens with zero attached hydrogens (tertiary/aromatic N) is 1. The molecule has 1 heterocycles. The second-order valence-electron chi connectivity index (χ2n) is 7.31. The Labute approximate surface area is 171 Å². The van der Waals surface area contributed by atoms with Gasteiger partial charge in [-0.15, -0.1) is 12.4 Å². The number of piperidine rings is 1. The quantitative estimate of drug-likeness (QED) is 0.589. The number of anilines is 1. The first kappa shape index (κ1) is 20.0. The molecule has 3 unspecified atom stereocenters. The molecule has 2 aliphatic rings. The van der Waals surface area contributed by atoms with Gasteiger partial charge in [-0.1, -0.05) is 41.9 Å². The molecule has 3 atom stereocenters. The van der Waals surface area contributed by atoms with Gasteiger partial charge in [-0.2, -0.15) is 0 Å². The first-order valence-electron chi connectivity index (χ1n) is 9.12. The van der Waals surface area contributed by atoms with Crippen molar-refractivity contribution >= 4 is 35.7 Å². The number of nitrogens with two attached hydrogens (primary N) is 1. The molecule has 0 radical (unpaired) electrons. The van der Waals surface area contributed by atoms with Crippen LogP contribution in [0.25, 0.3) is 0 Å². The van der Waals surface area contributed by atoms with Crippen molar-refractivity contribution in [1.82, 2.24) is 4.90 Å². The highest BCUT2D eigenvalue weighted by Crippen LogP contribution is 2.43. The maximum atomic E-state index is 12.4. The van der Waals surface area contributed by atoms with Crippen LogP contribution in [0.1, 0.15) is 28.8 Å². The number of likely N-dealkylation sites (tertiary alicyclic amines) is 1.